The number of aromatic nitrogens is 2. The molecule has 6 rings (SSSR count). The Labute approximate surface area is 226 Å². The Balaban J connectivity index is 1.27. The lowest BCUT2D eigenvalue weighted by Gasteiger charge is -2.40. The molecule has 7 nitrogen and oxygen atoms in total. The summed E-state index contributed by atoms with van der Waals surface area (Å²) < 4.78 is 0. The monoisotopic (exact) mass is 510 g/mol. The molecular formula is C31H38N6O. The second-order valence-corrected chi connectivity index (χ2v) is 11.2. The average Bonchev–Trinajstić information content (AvgIpc) is 3.44. The molecule has 1 saturated carbocycles. The number of likely N-dealkylation sites (N-methyl/N-ethyl adjacent to an activating group) is 1. The molecule has 3 aliphatic rings. The van der Waals surface area contributed by atoms with Gasteiger partial charge in [0.05, 0.1) is 12.2 Å². The molecule has 0 bridgehead atoms. The van der Waals surface area contributed by atoms with E-state index in [2.05, 4.69) is 73.2 Å². The highest BCUT2D eigenvalue weighted by molar-refractivity contribution is 6.06. The molecule has 0 spiro atoms. The Kier molecular flexibility index (Phi) is 6.78. The maximum absolute atomic E-state index is 14.0. The molecule has 198 valence electrons. The van der Waals surface area contributed by atoms with E-state index in [-0.39, 0.29) is 12.1 Å². The predicted molar refractivity (Wildman–Crippen MR) is 153 cm³/mol. The van der Waals surface area contributed by atoms with E-state index in [1.165, 1.54) is 11.3 Å². The Morgan fingerprint density at radius 2 is 1.61 bits per heavy atom. The van der Waals surface area contributed by atoms with Crippen molar-refractivity contribution in [2.45, 2.75) is 58.5 Å². The minimum Gasteiger partial charge on any atom is -0.369 e. The van der Waals surface area contributed by atoms with Crippen LogP contribution >= 0.6 is 0 Å². The van der Waals surface area contributed by atoms with E-state index in [0.717, 1.165) is 85.9 Å². The predicted octanol–water partition coefficient (Wildman–Crippen LogP) is 5.33. The van der Waals surface area contributed by atoms with Crippen LogP contribution in [0, 0.1) is 13.8 Å². The van der Waals surface area contributed by atoms with Gasteiger partial charge in [0, 0.05) is 56.1 Å². The number of nitrogens with zero attached hydrogens (tertiary/aromatic N) is 6. The van der Waals surface area contributed by atoms with Crippen LogP contribution in [0.2, 0.25) is 0 Å². The van der Waals surface area contributed by atoms with Gasteiger partial charge < -0.3 is 9.80 Å². The fourth-order valence-corrected chi connectivity index (χ4v) is 6.27. The van der Waals surface area contributed by atoms with Crippen LogP contribution in [0.4, 0.5) is 22.0 Å². The maximum atomic E-state index is 14.0. The number of rotatable bonds is 5. The summed E-state index contributed by atoms with van der Waals surface area (Å²) in [5.41, 5.74) is 6.73. The second kappa shape index (κ2) is 10.4. The van der Waals surface area contributed by atoms with Crippen molar-refractivity contribution in [3.63, 3.8) is 0 Å². The van der Waals surface area contributed by atoms with Crippen LogP contribution < -0.4 is 14.7 Å². The maximum Gasteiger partial charge on any atom is 0.330 e. The number of para-hydroxylation sites is 1. The van der Waals surface area contributed by atoms with Crippen LogP contribution in [0.3, 0.4) is 0 Å². The lowest BCUT2D eigenvalue weighted by molar-refractivity contribution is 0.247. The molecule has 2 aromatic carbocycles. The van der Waals surface area contributed by atoms with Crippen LogP contribution in [0.5, 0.6) is 0 Å². The van der Waals surface area contributed by atoms with Gasteiger partial charge in [-0.25, -0.2) is 14.8 Å². The van der Waals surface area contributed by atoms with Gasteiger partial charge in [0.1, 0.15) is 11.6 Å². The Morgan fingerprint density at radius 3 is 2.29 bits per heavy atom. The van der Waals surface area contributed by atoms with E-state index in [0.29, 0.717) is 13.0 Å². The summed E-state index contributed by atoms with van der Waals surface area (Å²) in [5, 5.41) is 0. The standard InChI is InChI=1S/C31H38N6O/c1-22-7-6-8-23(2)29(22)36-21-25-20-32-28(33-30(25)37(31(36)38)27-9-4-5-10-27)19-24-11-13-26(14-12-24)35-17-15-34(3)16-18-35/h6-8,11-14,20,27H,4-5,9-10,15-19,21H2,1-3H3. The molecule has 2 aliphatic heterocycles. The Bertz CT molecular complexity index is 1290. The van der Waals surface area contributed by atoms with E-state index in [1.807, 2.05) is 16.0 Å². The molecule has 1 saturated heterocycles. The molecule has 3 heterocycles. The van der Waals surface area contributed by atoms with Gasteiger partial charge in [0.15, 0.2) is 0 Å². The summed E-state index contributed by atoms with van der Waals surface area (Å²) in [5.74, 6) is 1.58. The molecule has 1 aromatic heterocycles. The van der Waals surface area contributed by atoms with Crippen LogP contribution in [0.1, 0.15) is 53.8 Å². The summed E-state index contributed by atoms with van der Waals surface area (Å²) in [4.78, 5) is 32.6. The van der Waals surface area contributed by atoms with Gasteiger partial charge in [-0.15, -0.1) is 0 Å². The quantitative estimate of drug-likeness (QED) is 0.465. The highest BCUT2D eigenvalue weighted by Crippen LogP contribution is 2.38. The SMILES string of the molecule is Cc1cccc(C)c1N1Cc2cnc(Cc3ccc(N4CCN(C)CC4)cc3)nc2N(C2CCCC2)C1=O. The number of carbonyl (C=O) groups excluding carboxylic acids is 1. The lowest BCUT2D eigenvalue weighted by atomic mass is 10.0. The van der Waals surface area contributed by atoms with Gasteiger partial charge in [-0.05, 0) is 62.6 Å². The second-order valence-electron chi connectivity index (χ2n) is 11.2. The third-order valence-corrected chi connectivity index (χ3v) is 8.45. The number of amides is 2. The number of aryl methyl sites for hydroxylation is 2. The van der Waals surface area contributed by atoms with Gasteiger partial charge in [-0.1, -0.05) is 43.2 Å². The minimum atomic E-state index is 0.0444. The topological polar surface area (TPSA) is 55.8 Å². The van der Waals surface area contributed by atoms with E-state index < -0.39 is 0 Å². The molecule has 2 fully saturated rings. The van der Waals surface area contributed by atoms with Gasteiger partial charge >= 0.3 is 6.03 Å². The first-order chi connectivity index (χ1) is 18.5. The van der Waals surface area contributed by atoms with Crippen molar-refractivity contribution in [2.75, 3.05) is 47.9 Å². The number of anilines is 3. The zero-order chi connectivity index (χ0) is 26.2. The molecule has 3 aromatic rings. The first kappa shape index (κ1) is 24.9. The van der Waals surface area contributed by atoms with Crippen molar-refractivity contribution < 1.29 is 4.79 Å². The number of hydrogen-bond donors (Lipinski definition) is 0. The van der Waals surface area contributed by atoms with Gasteiger partial charge in [-0.3, -0.25) is 9.80 Å². The van der Waals surface area contributed by atoms with Crippen molar-refractivity contribution >= 4 is 23.2 Å². The van der Waals surface area contributed by atoms with Crippen molar-refractivity contribution in [1.82, 2.24) is 14.9 Å². The number of benzene rings is 2. The normalized spacial score (nSPS) is 18.8. The van der Waals surface area contributed by atoms with E-state index in [4.69, 9.17) is 9.97 Å². The first-order valence-electron chi connectivity index (χ1n) is 14.0. The zero-order valence-electron chi connectivity index (χ0n) is 22.9. The number of carbonyl (C=O) groups is 1. The minimum absolute atomic E-state index is 0.0444. The van der Waals surface area contributed by atoms with Crippen LogP contribution in [0.25, 0.3) is 0 Å². The number of fused-ring (bicyclic) bond motifs is 1. The average molecular weight is 511 g/mol. The van der Waals surface area contributed by atoms with Gasteiger partial charge in [0.25, 0.3) is 0 Å². The number of urea groups is 1. The highest BCUT2D eigenvalue weighted by atomic mass is 16.2. The fraction of sp³-hybridized carbons (Fsp3) is 0.452. The van der Waals surface area contributed by atoms with Crippen molar-refractivity contribution in [3.05, 3.63) is 76.7 Å². The number of piperazine rings is 1. The largest absolute Gasteiger partial charge is 0.369 e. The zero-order valence-corrected chi connectivity index (χ0v) is 22.9. The van der Waals surface area contributed by atoms with Crippen LogP contribution in [-0.2, 0) is 13.0 Å². The summed E-state index contributed by atoms with van der Waals surface area (Å²) in [6, 6.07) is 15.3. The smallest absolute Gasteiger partial charge is 0.330 e. The number of hydrogen-bond acceptors (Lipinski definition) is 5. The molecule has 0 atom stereocenters. The molecular weight excluding hydrogens is 472 g/mol. The van der Waals surface area contributed by atoms with Gasteiger partial charge in [-0.2, -0.15) is 0 Å². The summed E-state index contributed by atoms with van der Waals surface area (Å²) in [7, 11) is 2.18. The fourth-order valence-electron chi connectivity index (χ4n) is 6.27. The summed E-state index contributed by atoms with van der Waals surface area (Å²) in [6.45, 7) is 8.99. The molecule has 0 unspecified atom stereocenters. The van der Waals surface area contributed by atoms with Crippen LogP contribution in [-0.4, -0.2) is 60.2 Å². The Hall–Kier alpha value is -3.45. The summed E-state index contributed by atoms with van der Waals surface area (Å²) in [6.07, 6.45) is 6.97. The van der Waals surface area contributed by atoms with E-state index in [1.54, 1.807) is 0 Å². The lowest BCUT2D eigenvalue weighted by Crippen LogP contribution is -2.52. The van der Waals surface area contributed by atoms with E-state index >= 15 is 0 Å². The molecule has 1 aliphatic carbocycles. The first-order valence-corrected chi connectivity index (χ1v) is 14.0. The van der Waals surface area contributed by atoms with Crippen LogP contribution in [0.15, 0.2) is 48.7 Å². The molecule has 38 heavy (non-hydrogen) atoms. The molecule has 2 amide bonds. The Morgan fingerprint density at radius 1 is 0.921 bits per heavy atom. The third kappa shape index (κ3) is 4.75. The van der Waals surface area contributed by atoms with Gasteiger partial charge in [0.2, 0.25) is 0 Å². The van der Waals surface area contributed by atoms with Crippen molar-refractivity contribution in [2.24, 2.45) is 0 Å². The van der Waals surface area contributed by atoms with Crippen molar-refractivity contribution in [3.8, 4) is 0 Å². The molecule has 0 N–H and O–H groups in total. The van der Waals surface area contributed by atoms with Crippen molar-refractivity contribution in [1.29, 1.82) is 0 Å². The summed E-state index contributed by atoms with van der Waals surface area (Å²) >= 11 is 0. The molecule has 7 heteroatoms. The third-order valence-electron chi connectivity index (χ3n) is 8.45. The molecule has 0 radical (unpaired) electrons. The van der Waals surface area contributed by atoms with E-state index in [9.17, 15) is 4.79 Å². The highest BCUT2D eigenvalue weighted by Gasteiger charge is 2.39.